The monoisotopic (exact) mass is 212 g/mol. The van der Waals surface area contributed by atoms with Crippen LogP contribution in [-0.2, 0) is 9.63 Å². The van der Waals surface area contributed by atoms with Crippen LogP contribution < -0.4 is 10.8 Å². The summed E-state index contributed by atoms with van der Waals surface area (Å²) in [6.45, 7) is 0.934. The Labute approximate surface area is 90.7 Å². The van der Waals surface area contributed by atoms with Crippen LogP contribution in [0.1, 0.15) is 44.9 Å². The number of carbonyl (C=O) groups is 1. The highest BCUT2D eigenvalue weighted by molar-refractivity contribution is 5.75. The van der Waals surface area contributed by atoms with Crippen LogP contribution in [0.2, 0.25) is 0 Å². The molecule has 4 heteroatoms. The van der Waals surface area contributed by atoms with E-state index in [1.54, 1.807) is 0 Å². The van der Waals surface area contributed by atoms with Crippen LogP contribution in [0.15, 0.2) is 0 Å². The maximum Gasteiger partial charge on any atom is 0.341 e. The third-order valence-corrected chi connectivity index (χ3v) is 3.28. The van der Waals surface area contributed by atoms with Gasteiger partial charge in [-0.3, -0.25) is 0 Å². The normalized spacial score (nSPS) is 27.9. The van der Waals surface area contributed by atoms with Crippen molar-refractivity contribution in [3.63, 3.8) is 0 Å². The van der Waals surface area contributed by atoms with Crippen molar-refractivity contribution < 1.29 is 9.63 Å². The molecule has 2 aliphatic rings. The first-order valence-electron chi connectivity index (χ1n) is 6.06. The van der Waals surface area contributed by atoms with Gasteiger partial charge in [-0.25, -0.2) is 4.79 Å². The second kappa shape index (κ2) is 5.47. The van der Waals surface area contributed by atoms with Crippen molar-refractivity contribution in [2.45, 2.75) is 57.0 Å². The third kappa shape index (κ3) is 3.18. The fourth-order valence-electron chi connectivity index (χ4n) is 2.32. The van der Waals surface area contributed by atoms with E-state index < -0.39 is 0 Å². The summed E-state index contributed by atoms with van der Waals surface area (Å²) >= 11 is 0. The summed E-state index contributed by atoms with van der Waals surface area (Å²) in [4.78, 5) is 16.7. The maximum atomic E-state index is 11.5. The van der Waals surface area contributed by atoms with E-state index in [-0.39, 0.29) is 12.0 Å². The lowest BCUT2D eigenvalue weighted by Gasteiger charge is -2.22. The van der Waals surface area contributed by atoms with Gasteiger partial charge in [0, 0.05) is 6.04 Å². The summed E-state index contributed by atoms with van der Waals surface area (Å²) in [5, 5.41) is 3.13. The Kier molecular flexibility index (Phi) is 3.97. The zero-order valence-corrected chi connectivity index (χ0v) is 9.13. The molecular weight excluding hydrogens is 192 g/mol. The molecule has 86 valence electrons. The Morgan fingerprint density at radius 1 is 1.13 bits per heavy atom. The molecule has 2 rings (SSSR count). The molecule has 0 bridgehead atoms. The lowest BCUT2D eigenvalue weighted by Crippen LogP contribution is -2.40. The fraction of sp³-hybridized carbons (Fsp3) is 0.909. The predicted octanol–water partition coefficient (Wildman–Crippen LogP) is 1.12. The van der Waals surface area contributed by atoms with E-state index in [0.717, 1.165) is 32.2 Å². The summed E-state index contributed by atoms with van der Waals surface area (Å²) in [5.41, 5.74) is 2.91. The molecule has 1 saturated heterocycles. The highest BCUT2D eigenvalue weighted by Gasteiger charge is 2.24. The van der Waals surface area contributed by atoms with Crippen LogP contribution in [0, 0.1) is 0 Å². The zero-order valence-electron chi connectivity index (χ0n) is 9.13. The smallest absolute Gasteiger partial charge is 0.341 e. The molecule has 0 aromatic rings. The minimum absolute atomic E-state index is 0.0823. The number of nitrogens with one attached hydrogen (secondary N) is 2. The van der Waals surface area contributed by atoms with Gasteiger partial charge < -0.3 is 10.2 Å². The Hall–Kier alpha value is -0.610. The standard InChI is InChI=1S/C11H20N2O2/c14-11(10-7-4-8-12-10)15-13-9-5-2-1-3-6-9/h9-10,12-13H,1-8H2/t10-/m0/s1. The Morgan fingerprint density at radius 2 is 1.93 bits per heavy atom. The first-order chi connectivity index (χ1) is 7.36. The van der Waals surface area contributed by atoms with E-state index in [1.807, 2.05) is 0 Å². The highest BCUT2D eigenvalue weighted by Crippen LogP contribution is 2.17. The molecular formula is C11H20N2O2. The SMILES string of the molecule is O=C(ONC1CCCCC1)[C@@H]1CCCN1. The highest BCUT2D eigenvalue weighted by atomic mass is 16.7. The molecule has 0 aromatic heterocycles. The van der Waals surface area contributed by atoms with E-state index in [4.69, 9.17) is 4.84 Å². The summed E-state index contributed by atoms with van der Waals surface area (Å²) in [5.74, 6) is -0.141. The van der Waals surface area contributed by atoms with Crippen molar-refractivity contribution in [3.8, 4) is 0 Å². The zero-order chi connectivity index (χ0) is 10.5. The quantitative estimate of drug-likeness (QED) is 0.688. The van der Waals surface area contributed by atoms with Crippen molar-refractivity contribution in [3.05, 3.63) is 0 Å². The van der Waals surface area contributed by atoms with Crippen LogP contribution in [0.4, 0.5) is 0 Å². The second-order valence-corrected chi connectivity index (χ2v) is 4.52. The summed E-state index contributed by atoms with van der Waals surface area (Å²) < 4.78 is 0. The van der Waals surface area contributed by atoms with Crippen LogP contribution in [0.5, 0.6) is 0 Å². The number of hydrogen-bond donors (Lipinski definition) is 2. The molecule has 1 atom stereocenters. The average Bonchev–Trinajstić information content (AvgIpc) is 2.81. The van der Waals surface area contributed by atoms with E-state index in [1.165, 1.54) is 19.3 Å². The molecule has 0 unspecified atom stereocenters. The average molecular weight is 212 g/mol. The molecule has 2 fully saturated rings. The first kappa shape index (κ1) is 10.9. The van der Waals surface area contributed by atoms with Gasteiger partial charge in [-0.05, 0) is 32.2 Å². The lowest BCUT2D eigenvalue weighted by molar-refractivity contribution is -0.155. The van der Waals surface area contributed by atoms with Gasteiger partial charge in [0.15, 0.2) is 0 Å². The first-order valence-corrected chi connectivity index (χ1v) is 6.06. The van der Waals surface area contributed by atoms with Crippen molar-refractivity contribution in [2.75, 3.05) is 6.54 Å². The number of carbonyl (C=O) groups excluding carboxylic acids is 1. The molecule has 1 heterocycles. The second-order valence-electron chi connectivity index (χ2n) is 4.52. The number of rotatable bonds is 3. The third-order valence-electron chi connectivity index (χ3n) is 3.28. The minimum atomic E-state index is -0.141. The van der Waals surface area contributed by atoms with Gasteiger partial charge in [-0.2, -0.15) is 0 Å². The molecule has 1 aliphatic heterocycles. The predicted molar refractivity (Wildman–Crippen MR) is 57.1 cm³/mol. The molecule has 0 aromatic carbocycles. The number of hydrogen-bond acceptors (Lipinski definition) is 4. The van der Waals surface area contributed by atoms with Crippen molar-refractivity contribution >= 4 is 5.97 Å². The van der Waals surface area contributed by atoms with Crippen molar-refractivity contribution in [1.29, 1.82) is 0 Å². The van der Waals surface area contributed by atoms with Gasteiger partial charge in [0.05, 0.1) is 0 Å². The van der Waals surface area contributed by atoms with Gasteiger partial charge >= 0.3 is 5.97 Å². The molecule has 2 N–H and O–H groups in total. The van der Waals surface area contributed by atoms with E-state index in [2.05, 4.69) is 10.8 Å². The van der Waals surface area contributed by atoms with E-state index in [9.17, 15) is 4.79 Å². The van der Waals surface area contributed by atoms with Gasteiger partial charge in [0.25, 0.3) is 0 Å². The van der Waals surface area contributed by atoms with Crippen LogP contribution >= 0.6 is 0 Å². The van der Waals surface area contributed by atoms with Crippen LogP contribution in [0.3, 0.4) is 0 Å². The molecule has 0 amide bonds. The van der Waals surface area contributed by atoms with Gasteiger partial charge in [0.2, 0.25) is 0 Å². The van der Waals surface area contributed by atoms with Crippen molar-refractivity contribution in [2.24, 2.45) is 0 Å². The summed E-state index contributed by atoms with van der Waals surface area (Å²) in [7, 11) is 0. The lowest BCUT2D eigenvalue weighted by atomic mass is 9.96. The van der Waals surface area contributed by atoms with Gasteiger partial charge in [-0.1, -0.05) is 19.3 Å². The number of hydroxylamine groups is 1. The molecule has 1 aliphatic carbocycles. The van der Waals surface area contributed by atoms with E-state index >= 15 is 0 Å². The molecule has 15 heavy (non-hydrogen) atoms. The van der Waals surface area contributed by atoms with Crippen LogP contribution in [0.25, 0.3) is 0 Å². The Morgan fingerprint density at radius 3 is 2.60 bits per heavy atom. The molecule has 1 saturated carbocycles. The van der Waals surface area contributed by atoms with Crippen molar-refractivity contribution in [1.82, 2.24) is 10.8 Å². The fourth-order valence-corrected chi connectivity index (χ4v) is 2.32. The molecule has 0 spiro atoms. The topological polar surface area (TPSA) is 50.4 Å². The maximum absolute atomic E-state index is 11.5. The van der Waals surface area contributed by atoms with E-state index in [0.29, 0.717) is 6.04 Å². The molecule has 4 nitrogen and oxygen atoms in total. The minimum Gasteiger partial charge on any atom is -0.369 e. The summed E-state index contributed by atoms with van der Waals surface area (Å²) in [6.07, 6.45) is 8.05. The largest absolute Gasteiger partial charge is 0.369 e. The summed E-state index contributed by atoms with van der Waals surface area (Å²) in [6, 6.07) is 0.296. The molecule has 0 radical (unpaired) electrons. The van der Waals surface area contributed by atoms with Gasteiger partial charge in [-0.15, -0.1) is 5.48 Å². The van der Waals surface area contributed by atoms with Gasteiger partial charge in [0.1, 0.15) is 6.04 Å². The Bertz CT molecular complexity index is 209. The van der Waals surface area contributed by atoms with Crippen LogP contribution in [-0.4, -0.2) is 24.6 Å². The Balaban J connectivity index is 1.65.